The number of nitrogens with one attached hydrogen (secondary N) is 1. The maximum Gasteiger partial charge on any atom is 0.235 e. The summed E-state index contributed by atoms with van der Waals surface area (Å²) in [5.74, 6) is 1.61. The molecular formula is C22H27N7O2. The molecule has 4 rings (SSSR count). The van der Waals surface area contributed by atoms with Gasteiger partial charge in [0.15, 0.2) is 0 Å². The fourth-order valence-corrected chi connectivity index (χ4v) is 3.46. The maximum absolute atomic E-state index is 5.74. The van der Waals surface area contributed by atoms with E-state index in [-0.39, 0.29) is 6.04 Å². The van der Waals surface area contributed by atoms with E-state index in [4.69, 9.17) is 19.2 Å². The van der Waals surface area contributed by atoms with Crippen molar-refractivity contribution in [3.8, 4) is 17.1 Å². The van der Waals surface area contributed by atoms with E-state index in [0.29, 0.717) is 30.8 Å². The number of fused-ring (bicyclic) bond motifs is 1. The topological polar surface area (TPSA) is 104 Å². The molecule has 0 aliphatic carbocycles. The summed E-state index contributed by atoms with van der Waals surface area (Å²) in [7, 11) is 0. The molecule has 0 bridgehead atoms. The predicted molar refractivity (Wildman–Crippen MR) is 118 cm³/mol. The largest absolute Gasteiger partial charge is 0.477 e. The zero-order chi connectivity index (χ0) is 22.0. The summed E-state index contributed by atoms with van der Waals surface area (Å²) in [6, 6.07) is 6.08. The summed E-state index contributed by atoms with van der Waals surface area (Å²) >= 11 is 0. The van der Waals surface area contributed by atoms with Gasteiger partial charge in [0, 0.05) is 19.2 Å². The van der Waals surface area contributed by atoms with Crippen LogP contribution in [0.2, 0.25) is 0 Å². The molecule has 0 spiro atoms. The van der Waals surface area contributed by atoms with Crippen molar-refractivity contribution in [3.05, 3.63) is 41.9 Å². The van der Waals surface area contributed by atoms with Crippen molar-refractivity contribution in [1.82, 2.24) is 29.9 Å². The van der Waals surface area contributed by atoms with Crippen LogP contribution in [0, 0.1) is 13.8 Å². The van der Waals surface area contributed by atoms with Crippen LogP contribution in [0.15, 0.2) is 28.8 Å². The SMILES string of the molecule is CCOc1ncccc1-c1cc(NCc2nnc(C)o2)c2c(n1)c(C)nn2C(C)CC. The van der Waals surface area contributed by atoms with E-state index in [2.05, 4.69) is 34.3 Å². The number of aromatic nitrogens is 6. The minimum absolute atomic E-state index is 0.229. The lowest BCUT2D eigenvalue weighted by molar-refractivity contribution is 0.328. The van der Waals surface area contributed by atoms with E-state index >= 15 is 0 Å². The summed E-state index contributed by atoms with van der Waals surface area (Å²) in [6.45, 7) is 10.9. The zero-order valence-corrected chi connectivity index (χ0v) is 18.5. The summed E-state index contributed by atoms with van der Waals surface area (Å²) in [6.07, 6.45) is 2.67. The molecule has 0 aliphatic rings. The highest BCUT2D eigenvalue weighted by Crippen LogP contribution is 2.35. The third-order valence-electron chi connectivity index (χ3n) is 5.16. The van der Waals surface area contributed by atoms with E-state index in [1.807, 2.05) is 36.7 Å². The number of ether oxygens (including phenoxy) is 1. The van der Waals surface area contributed by atoms with Gasteiger partial charge in [0.1, 0.15) is 11.0 Å². The Hall–Kier alpha value is -3.49. The van der Waals surface area contributed by atoms with E-state index in [1.54, 1.807) is 13.1 Å². The highest BCUT2D eigenvalue weighted by atomic mass is 16.5. The first-order chi connectivity index (χ1) is 15.0. The van der Waals surface area contributed by atoms with Crippen LogP contribution in [0.4, 0.5) is 5.69 Å². The van der Waals surface area contributed by atoms with Crippen molar-refractivity contribution < 1.29 is 9.15 Å². The van der Waals surface area contributed by atoms with E-state index in [0.717, 1.165) is 40.1 Å². The fraction of sp³-hybridized carbons (Fsp3) is 0.409. The molecule has 162 valence electrons. The van der Waals surface area contributed by atoms with Crippen molar-refractivity contribution in [2.45, 2.75) is 53.6 Å². The quantitative estimate of drug-likeness (QED) is 0.444. The molecule has 1 unspecified atom stereocenters. The maximum atomic E-state index is 5.74. The smallest absolute Gasteiger partial charge is 0.235 e. The highest BCUT2D eigenvalue weighted by Gasteiger charge is 2.20. The second kappa shape index (κ2) is 8.71. The average Bonchev–Trinajstić information content (AvgIpc) is 3.35. The number of hydrogen-bond donors (Lipinski definition) is 1. The van der Waals surface area contributed by atoms with Gasteiger partial charge in [0.05, 0.1) is 35.8 Å². The fourth-order valence-electron chi connectivity index (χ4n) is 3.46. The molecule has 4 aromatic rings. The van der Waals surface area contributed by atoms with Gasteiger partial charge < -0.3 is 14.5 Å². The Morgan fingerprint density at radius 1 is 1.23 bits per heavy atom. The standard InChI is InChI=1S/C22H27N7O2/c1-6-13(3)29-21-18(24-12-19-27-26-15(5)31-19)11-17(25-20(21)14(4)28-29)16-9-8-10-23-22(16)30-7-2/h8-11,13H,6-7,12H2,1-5H3,(H,24,25). The summed E-state index contributed by atoms with van der Waals surface area (Å²) in [4.78, 5) is 9.33. The Morgan fingerprint density at radius 3 is 2.77 bits per heavy atom. The van der Waals surface area contributed by atoms with E-state index in [9.17, 15) is 0 Å². The number of rotatable bonds is 8. The number of pyridine rings is 2. The van der Waals surface area contributed by atoms with Gasteiger partial charge in [-0.25, -0.2) is 9.97 Å². The Morgan fingerprint density at radius 2 is 2.06 bits per heavy atom. The van der Waals surface area contributed by atoms with Gasteiger partial charge in [-0.1, -0.05) is 6.92 Å². The minimum atomic E-state index is 0.229. The predicted octanol–water partition coefficient (Wildman–Crippen LogP) is 4.47. The van der Waals surface area contributed by atoms with Gasteiger partial charge in [-0.2, -0.15) is 5.10 Å². The first kappa shape index (κ1) is 20.8. The number of aryl methyl sites for hydroxylation is 2. The third-order valence-corrected chi connectivity index (χ3v) is 5.16. The molecule has 9 nitrogen and oxygen atoms in total. The normalized spacial score (nSPS) is 12.3. The second-order valence-electron chi connectivity index (χ2n) is 7.40. The lowest BCUT2D eigenvalue weighted by Gasteiger charge is -2.15. The van der Waals surface area contributed by atoms with Gasteiger partial charge in [-0.05, 0) is 45.4 Å². The molecule has 0 saturated carbocycles. The average molecular weight is 422 g/mol. The first-order valence-corrected chi connectivity index (χ1v) is 10.5. The molecule has 31 heavy (non-hydrogen) atoms. The number of anilines is 1. The molecule has 0 fully saturated rings. The molecule has 0 saturated heterocycles. The molecular weight excluding hydrogens is 394 g/mol. The molecule has 0 aliphatic heterocycles. The van der Waals surface area contributed by atoms with Crippen molar-refractivity contribution in [3.63, 3.8) is 0 Å². The summed E-state index contributed by atoms with van der Waals surface area (Å²) in [5.41, 5.74) is 5.15. The van der Waals surface area contributed by atoms with Crippen molar-refractivity contribution in [2.75, 3.05) is 11.9 Å². The van der Waals surface area contributed by atoms with E-state index in [1.165, 1.54) is 0 Å². The van der Waals surface area contributed by atoms with Crippen LogP contribution in [0.3, 0.4) is 0 Å². The molecule has 0 radical (unpaired) electrons. The van der Waals surface area contributed by atoms with Gasteiger partial charge in [0.25, 0.3) is 0 Å². The van der Waals surface area contributed by atoms with Crippen molar-refractivity contribution in [1.29, 1.82) is 0 Å². The Bertz CT molecular complexity index is 1200. The van der Waals surface area contributed by atoms with Crippen LogP contribution < -0.4 is 10.1 Å². The lowest BCUT2D eigenvalue weighted by atomic mass is 10.1. The monoisotopic (exact) mass is 421 g/mol. The lowest BCUT2D eigenvalue weighted by Crippen LogP contribution is -2.09. The van der Waals surface area contributed by atoms with Gasteiger partial charge in [0.2, 0.25) is 17.7 Å². The van der Waals surface area contributed by atoms with Crippen LogP contribution in [0.1, 0.15) is 50.7 Å². The van der Waals surface area contributed by atoms with Crippen molar-refractivity contribution in [2.24, 2.45) is 0 Å². The molecule has 9 heteroatoms. The summed E-state index contributed by atoms with van der Waals surface area (Å²) in [5, 5.41) is 16.2. The zero-order valence-electron chi connectivity index (χ0n) is 18.5. The second-order valence-corrected chi connectivity index (χ2v) is 7.40. The van der Waals surface area contributed by atoms with Crippen molar-refractivity contribution >= 4 is 16.7 Å². The minimum Gasteiger partial charge on any atom is -0.477 e. The van der Waals surface area contributed by atoms with Crippen LogP contribution in [0.5, 0.6) is 5.88 Å². The Labute approximate surface area is 180 Å². The Kier molecular flexibility index (Phi) is 5.83. The van der Waals surface area contributed by atoms with E-state index < -0.39 is 0 Å². The van der Waals surface area contributed by atoms with Gasteiger partial charge in [-0.15, -0.1) is 10.2 Å². The first-order valence-electron chi connectivity index (χ1n) is 10.5. The van der Waals surface area contributed by atoms with Crippen LogP contribution in [-0.2, 0) is 6.54 Å². The van der Waals surface area contributed by atoms with Crippen LogP contribution >= 0.6 is 0 Å². The number of nitrogens with zero attached hydrogens (tertiary/aromatic N) is 6. The molecule has 4 heterocycles. The van der Waals surface area contributed by atoms with Crippen LogP contribution in [-0.4, -0.2) is 36.6 Å². The number of hydrogen-bond acceptors (Lipinski definition) is 8. The van der Waals surface area contributed by atoms with Gasteiger partial charge >= 0.3 is 0 Å². The molecule has 1 N–H and O–H groups in total. The molecule has 4 aromatic heterocycles. The Balaban J connectivity index is 1.87. The third kappa shape index (κ3) is 4.08. The summed E-state index contributed by atoms with van der Waals surface area (Å²) < 4.78 is 13.3. The highest BCUT2D eigenvalue weighted by molar-refractivity contribution is 5.93. The molecule has 1 atom stereocenters. The van der Waals surface area contributed by atoms with Gasteiger partial charge in [-0.3, -0.25) is 4.68 Å². The molecule has 0 amide bonds. The molecule has 0 aromatic carbocycles. The van der Waals surface area contributed by atoms with Crippen LogP contribution in [0.25, 0.3) is 22.3 Å².